The first kappa shape index (κ1) is 3.90. The molecule has 2 unspecified atom stereocenters. The molecule has 11 heavy (non-hydrogen) atoms. The molecular formula is C10H16O. The molecule has 1 aliphatic carbocycles. The van der Waals surface area contributed by atoms with E-state index in [0.717, 1.165) is 0 Å². The predicted octanol–water partition coefficient (Wildman–Crippen LogP) is 2.28. The minimum atomic E-state index is -2.41. The number of hydrogen-bond acceptors (Lipinski definition) is 1. The molecule has 0 spiro atoms. The SMILES string of the molecule is [2H]C([2H])=C(C1C=CC(C)(O)CC1)C([2H])([2H])[2H]. The van der Waals surface area contributed by atoms with Crippen molar-refractivity contribution in [2.45, 2.75) is 32.2 Å². The number of aliphatic hydroxyl groups is 1. The van der Waals surface area contributed by atoms with Crippen molar-refractivity contribution >= 4 is 0 Å². The summed E-state index contributed by atoms with van der Waals surface area (Å²) in [5.74, 6) is -0.433. The topological polar surface area (TPSA) is 20.2 Å². The van der Waals surface area contributed by atoms with Crippen LogP contribution in [0.2, 0.25) is 0 Å². The molecule has 0 amide bonds. The molecule has 0 aromatic carbocycles. The summed E-state index contributed by atoms with van der Waals surface area (Å²) in [6.45, 7) is -1.39. The van der Waals surface area contributed by atoms with Gasteiger partial charge in [-0.15, -0.1) is 0 Å². The number of rotatable bonds is 1. The van der Waals surface area contributed by atoms with Gasteiger partial charge in [0.2, 0.25) is 0 Å². The highest BCUT2D eigenvalue weighted by Gasteiger charge is 2.23. The van der Waals surface area contributed by atoms with Gasteiger partial charge in [0, 0.05) is 4.11 Å². The summed E-state index contributed by atoms with van der Waals surface area (Å²) in [5.41, 5.74) is -1.04. The lowest BCUT2D eigenvalue weighted by Crippen LogP contribution is -2.25. The highest BCUT2D eigenvalue weighted by atomic mass is 16.3. The Hall–Kier alpha value is -0.560. The van der Waals surface area contributed by atoms with Crippen LogP contribution in [0.5, 0.6) is 0 Å². The van der Waals surface area contributed by atoms with E-state index in [2.05, 4.69) is 0 Å². The van der Waals surface area contributed by atoms with E-state index in [1.807, 2.05) is 0 Å². The van der Waals surface area contributed by atoms with Crippen LogP contribution in [-0.2, 0) is 0 Å². The molecule has 0 heterocycles. The van der Waals surface area contributed by atoms with Crippen molar-refractivity contribution in [3.8, 4) is 0 Å². The summed E-state index contributed by atoms with van der Waals surface area (Å²) < 4.78 is 36.3. The van der Waals surface area contributed by atoms with Gasteiger partial charge >= 0.3 is 0 Å². The van der Waals surface area contributed by atoms with Crippen LogP contribution < -0.4 is 0 Å². The van der Waals surface area contributed by atoms with E-state index in [9.17, 15) is 5.11 Å². The molecule has 0 saturated carbocycles. The molecule has 0 fully saturated rings. The summed E-state index contributed by atoms with van der Waals surface area (Å²) >= 11 is 0. The summed E-state index contributed by atoms with van der Waals surface area (Å²) in [4.78, 5) is 0. The normalized spacial score (nSPS) is 44.5. The van der Waals surface area contributed by atoms with Gasteiger partial charge in [-0.2, -0.15) is 0 Å². The fraction of sp³-hybridized carbons (Fsp3) is 0.600. The van der Waals surface area contributed by atoms with Gasteiger partial charge in [-0.3, -0.25) is 0 Å². The Morgan fingerprint density at radius 2 is 2.82 bits per heavy atom. The van der Waals surface area contributed by atoms with Crippen LogP contribution in [0, 0.1) is 5.92 Å². The van der Waals surface area contributed by atoms with E-state index in [0.29, 0.717) is 12.8 Å². The van der Waals surface area contributed by atoms with Crippen LogP contribution in [0.1, 0.15) is 33.5 Å². The van der Waals surface area contributed by atoms with Gasteiger partial charge in [0.05, 0.1) is 8.34 Å². The highest BCUT2D eigenvalue weighted by molar-refractivity contribution is 5.14. The van der Waals surface area contributed by atoms with Crippen molar-refractivity contribution < 1.29 is 12.0 Å². The van der Waals surface area contributed by atoms with Crippen LogP contribution in [0.15, 0.2) is 24.3 Å². The zero-order chi connectivity index (χ0) is 12.6. The van der Waals surface area contributed by atoms with Gasteiger partial charge in [-0.1, -0.05) is 24.3 Å². The van der Waals surface area contributed by atoms with Gasteiger partial charge in [0.15, 0.2) is 0 Å². The molecule has 2 atom stereocenters. The highest BCUT2D eigenvalue weighted by Crippen LogP contribution is 2.28. The molecule has 1 heteroatoms. The first-order chi connectivity index (χ1) is 7.13. The minimum Gasteiger partial charge on any atom is -0.386 e. The van der Waals surface area contributed by atoms with Crippen LogP contribution in [0.25, 0.3) is 0 Å². The molecule has 1 aliphatic rings. The van der Waals surface area contributed by atoms with Gasteiger partial charge in [0.1, 0.15) is 0 Å². The summed E-state index contributed by atoms with van der Waals surface area (Å²) in [6, 6.07) is 0. The standard InChI is InChI=1S/C10H16O/c1-8(2)9-4-6-10(3,11)7-5-9/h4,6,9,11H,1,5,7H2,2-3H3/i1D2,2D3. The lowest BCUT2D eigenvalue weighted by molar-refractivity contribution is 0.0903. The Kier molecular flexibility index (Phi) is 1.00. The number of allylic oxidation sites excluding steroid dienone is 2. The Labute approximate surface area is 75.5 Å². The molecule has 1 nitrogen and oxygen atoms in total. The summed E-state index contributed by atoms with van der Waals surface area (Å²) in [6.07, 6.45) is 4.05. The average molecular weight is 157 g/mol. The summed E-state index contributed by atoms with van der Waals surface area (Å²) in [7, 11) is 0. The second-order valence-corrected chi connectivity index (χ2v) is 3.28. The van der Waals surface area contributed by atoms with E-state index in [-0.39, 0.29) is 5.57 Å². The van der Waals surface area contributed by atoms with Crippen molar-refractivity contribution in [3.63, 3.8) is 0 Å². The fourth-order valence-corrected chi connectivity index (χ4v) is 1.19. The van der Waals surface area contributed by atoms with Crippen molar-refractivity contribution in [1.82, 2.24) is 0 Å². The molecule has 0 aliphatic heterocycles. The second kappa shape index (κ2) is 2.82. The third kappa shape index (κ3) is 2.19. The maximum absolute atomic E-state index is 9.68. The quantitative estimate of drug-likeness (QED) is 0.579. The molecule has 0 saturated heterocycles. The smallest absolute Gasteiger partial charge is 0.0800 e. The van der Waals surface area contributed by atoms with Crippen molar-refractivity contribution in [3.05, 3.63) is 24.3 Å². The van der Waals surface area contributed by atoms with Gasteiger partial charge in [-0.25, -0.2) is 0 Å². The first-order valence-electron chi connectivity index (χ1n) is 6.23. The van der Waals surface area contributed by atoms with Gasteiger partial charge in [-0.05, 0) is 32.5 Å². The monoisotopic (exact) mass is 157 g/mol. The molecule has 1 rings (SSSR count). The molecule has 0 bridgehead atoms. The van der Waals surface area contributed by atoms with Gasteiger partial charge < -0.3 is 5.11 Å². The average Bonchev–Trinajstić information content (AvgIpc) is 2.05. The lowest BCUT2D eigenvalue weighted by atomic mass is 9.84. The summed E-state index contributed by atoms with van der Waals surface area (Å²) in [5, 5.41) is 9.68. The van der Waals surface area contributed by atoms with E-state index < -0.39 is 24.9 Å². The molecule has 1 N–H and O–H groups in total. The fourth-order valence-electron chi connectivity index (χ4n) is 1.19. The van der Waals surface area contributed by atoms with Crippen LogP contribution in [0.4, 0.5) is 0 Å². The largest absolute Gasteiger partial charge is 0.386 e. The Morgan fingerprint density at radius 1 is 2.00 bits per heavy atom. The van der Waals surface area contributed by atoms with Crippen LogP contribution >= 0.6 is 0 Å². The van der Waals surface area contributed by atoms with Crippen molar-refractivity contribution in [2.24, 2.45) is 5.92 Å². The Morgan fingerprint density at radius 3 is 3.27 bits per heavy atom. The molecular weight excluding hydrogens is 136 g/mol. The van der Waals surface area contributed by atoms with E-state index in [1.54, 1.807) is 19.1 Å². The second-order valence-electron chi connectivity index (χ2n) is 3.28. The predicted molar refractivity (Wildman–Crippen MR) is 47.3 cm³/mol. The first-order valence-corrected chi connectivity index (χ1v) is 3.73. The van der Waals surface area contributed by atoms with Crippen LogP contribution in [-0.4, -0.2) is 10.7 Å². The third-order valence-corrected chi connectivity index (χ3v) is 2.02. The molecule has 0 radical (unpaired) electrons. The number of hydrogen-bond donors (Lipinski definition) is 1. The maximum atomic E-state index is 9.68. The Balaban J connectivity index is 2.98. The third-order valence-electron chi connectivity index (χ3n) is 2.02. The van der Waals surface area contributed by atoms with Crippen molar-refractivity contribution in [1.29, 1.82) is 0 Å². The van der Waals surface area contributed by atoms with E-state index in [1.165, 1.54) is 0 Å². The molecule has 0 aromatic heterocycles. The lowest BCUT2D eigenvalue weighted by Gasteiger charge is -2.27. The molecule has 0 aromatic rings. The van der Waals surface area contributed by atoms with Crippen molar-refractivity contribution in [2.75, 3.05) is 0 Å². The zero-order valence-corrected chi connectivity index (χ0v) is 6.59. The minimum absolute atomic E-state index is 0.140. The van der Waals surface area contributed by atoms with E-state index >= 15 is 0 Å². The van der Waals surface area contributed by atoms with E-state index in [4.69, 9.17) is 6.85 Å². The molecule has 62 valence electrons. The Bertz CT molecular complexity index is 323. The van der Waals surface area contributed by atoms with Gasteiger partial charge in [0.25, 0.3) is 0 Å². The van der Waals surface area contributed by atoms with Crippen LogP contribution in [0.3, 0.4) is 0 Å². The maximum Gasteiger partial charge on any atom is 0.0800 e. The zero-order valence-electron chi connectivity index (χ0n) is 11.6.